The maximum absolute atomic E-state index is 12.6. The van der Waals surface area contributed by atoms with E-state index in [1.807, 2.05) is 9.58 Å². The van der Waals surface area contributed by atoms with Gasteiger partial charge in [0.2, 0.25) is 5.91 Å². The fourth-order valence-corrected chi connectivity index (χ4v) is 4.68. The van der Waals surface area contributed by atoms with Crippen molar-refractivity contribution in [2.45, 2.75) is 45.0 Å². The van der Waals surface area contributed by atoms with Gasteiger partial charge < -0.3 is 20.3 Å². The third kappa shape index (κ3) is 4.59. The van der Waals surface area contributed by atoms with Crippen molar-refractivity contribution >= 4 is 23.2 Å². The Kier molecular flexibility index (Phi) is 6.10. The summed E-state index contributed by atoms with van der Waals surface area (Å²) in [6, 6.07) is 2.30. The molecule has 0 fully saturated rings. The quantitative estimate of drug-likeness (QED) is 0.545. The first kappa shape index (κ1) is 19.8. The van der Waals surface area contributed by atoms with Gasteiger partial charge >= 0.3 is 0 Å². The summed E-state index contributed by atoms with van der Waals surface area (Å²) >= 11 is 1.78. The highest BCUT2D eigenvalue weighted by Crippen LogP contribution is 2.23. The monoisotopic (exact) mass is 417 g/mol. The lowest BCUT2D eigenvalue weighted by Crippen LogP contribution is -2.50. The average molecular weight is 418 g/mol. The van der Waals surface area contributed by atoms with Crippen LogP contribution in [0.1, 0.15) is 28.5 Å². The lowest BCUT2D eigenvalue weighted by atomic mass is 10.1. The van der Waals surface area contributed by atoms with Crippen LogP contribution < -0.4 is 10.6 Å². The lowest BCUT2D eigenvalue weighted by molar-refractivity contribution is -0.130. The largest absolute Gasteiger partial charge is 0.377 e. The number of hydrogen-bond acceptors (Lipinski definition) is 6. The Morgan fingerprint density at radius 3 is 3.17 bits per heavy atom. The van der Waals surface area contributed by atoms with Gasteiger partial charge in [-0.05, 0) is 29.9 Å². The number of aryl methyl sites for hydroxylation is 1. The number of fused-ring (bicyclic) bond motifs is 2. The molecule has 2 aliphatic rings. The second kappa shape index (κ2) is 8.91. The molecule has 0 aromatic carbocycles. The molecule has 2 N–H and O–H groups in total. The Morgan fingerprint density at radius 1 is 1.45 bits per heavy atom. The first-order valence-corrected chi connectivity index (χ1v) is 10.8. The van der Waals surface area contributed by atoms with Gasteiger partial charge in [0.15, 0.2) is 11.8 Å². The third-order valence-corrected chi connectivity index (χ3v) is 6.33. The molecule has 29 heavy (non-hydrogen) atoms. The molecule has 2 aliphatic heterocycles. The summed E-state index contributed by atoms with van der Waals surface area (Å²) in [7, 11) is 3.36. The number of nitrogens with zero attached hydrogens (tertiary/aromatic N) is 5. The highest BCUT2D eigenvalue weighted by atomic mass is 32.1. The van der Waals surface area contributed by atoms with Gasteiger partial charge in [0, 0.05) is 44.6 Å². The summed E-state index contributed by atoms with van der Waals surface area (Å²) in [6.45, 7) is 2.85. The number of aliphatic imine (C=N–C) groups is 1. The molecule has 1 amide bonds. The number of hydrogen-bond donors (Lipinski definition) is 2. The van der Waals surface area contributed by atoms with Crippen LogP contribution in [0.4, 0.5) is 0 Å². The van der Waals surface area contributed by atoms with Crippen LogP contribution in [0.3, 0.4) is 0 Å². The second-order valence-corrected chi connectivity index (χ2v) is 8.30. The lowest BCUT2D eigenvalue weighted by Gasteiger charge is -2.28. The maximum Gasteiger partial charge on any atom is 0.242 e. The van der Waals surface area contributed by atoms with Crippen molar-refractivity contribution < 1.29 is 9.53 Å². The van der Waals surface area contributed by atoms with Crippen LogP contribution in [-0.4, -0.2) is 64.8 Å². The molecule has 156 valence electrons. The van der Waals surface area contributed by atoms with Gasteiger partial charge in [-0.25, -0.2) is 9.67 Å². The number of nitrogens with one attached hydrogen (secondary N) is 2. The molecule has 1 atom stereocenters. The van der Waals surface area contributed by atoms with E-state index in [1.165, 1.54) is 10.4 Å². The number of guanidine groups is 1. The number of aromatic nitrogens is 3. The van der Waals surface area contributed by atoms with Gasteiger partial charge in [-0.2, -0.15) is 5.10 Å². The SMILES string of the molecule is CN=C(NCC(=O)N1CCc2sccc2C1)NC1CCc2nc(COC)nn2C1. The predicted molar refractivity (Wildman–Crippen MR) is 111 cm³/mol. The van der Waals surface area contributed by atoms with Crippen molar-refractivity contribution in [1.82, 2.24) is 30.3 Å². The molecular weight excluding hydrogens is 390 g/mol. The summed E-state index contributed by atoms with van der Waals surface area (Å²) in [5, 5.41) is 13.2. The first-order chi connectivity index (χ1) is 14.2. The molecule has 2 aromatic heterocycles. The van der Waals surface area contributed by atoms with Crippen LogP contribution in [0.5, 0.6) is 0 Å². The minimum absolute atomic E-state index is 0.0937. The van der Waals surface area contributed by atoms with Gasteiger partial charge in [0.25, 0.3) is 0 Å². The van der Waals surface area contributed by atoms with Gasteiger partial charge in [-0.3, -0.25) is 9.79 Å². The number of carbonyl (C=O) groups excluding carboxylic acids is 1. The first-order valence-electron chi connectivity index (χ1n) is 9.88. The van der Waals surface area contributed by atoms with E-state index in [4.69, 9.17) is 4.74 Å². The Balaban J connectivity index is 1.27. The number of rotatable bonds is 5. The second-order valence-electron chi connectivity index (χ2n) is 7.30. The fourth-order valence-electron chi connectivity index (χ4n) is 3.79. The molecule has 4 rings (SSSR count). The Hall–Kier alpha value is -2.46. The molecule has 0 radical (unpaired) electrons. The topological polar surface area (TPSA) is 96.7 Å². The summed E-state index contributed by atoms with van der Waals surface area (Å²) in [5.41, 5.74) is 1.27. The smallest absolute Gasteiger partial charge is 0.242 e. The van der Waals surface area contributed by atoms with Crippen molar-refractivity contribution in [2.75, 3.05) is 27.2 Å². The number of ether oxygens (including phenoxy) is 1. The number of thiophene rings is 1. The van der Waals surface area contributed by atoms with E-state index in [0.29, 0.717) is 31.5 Å². The minimum Gasteiger partial charge on any atom is -0.377 e. The van der Waals surface area contributed by atoms with Crippen molar-refractivity contribution in [3.05, 3.63) is 33.5 Å². The van der Waals surface area contributed by atoms with Crippen LogP contribution in [0.25, 0.3) is 0 Å². The zero-order valence-electron chi connectivity index (χ0n) is 16.8. The van der Waals surface area contributed by atoms with E-state index in [9.17, 15) is 4.79 Å². The zero-order valence-corrected chi connectivity index (χ0v) is 17.7. The van der Waals surface area contributed by atoms with Gasteiger partial charge in [0.05, 0.1) is 13.1 Å². The van der Waals surface area contributed by atoms with Crippen LogP contribution in [0.2, 0.25) is 0 Å². The summed E-state index contributed by atoms with van der Waals surface area (Å²) in [4.78, 5) is 24.7. The van der Waals surface area contributed by atoms with E-state index in [-0.39, 0.29) is 18.5 Å². The molecule has 0 saturated carbocycles. The zero-order chi connectivity index (χ0) is 20.2. The summed E-state index contributed by atoms with van der Waals surface area (Å²) < 4.78 is 7.05. The van der Waals surface area contributed by atoms with Crippen molar-refractivity contribution in [2.24, 2.45) is 4.99 Å². The molecule has 0 spiro atoms. The third-order valence-electron chi connectivity index (χ3n) is 5.31. The van der Waals surface area contributed by atoms with E-state index >= 15 is 0 Å². The Bertz CT molecular complexity index is 891. The van der Waals surface area contributed by atoms with E-state index in [0.717, 1.165) is 31.6 Å². The maximum atomic E-state index is 12.6. The van der Waals surface area contributed by atoms with Crippen LogP contribution in [-0.2, 0) is 42.1 Å². The van der Waals surface area contributed by atoms with Crippen LogP contribution >= 0.6 is 11.3 Å². The number of carbonyl (C=O) groups is 1. The predicted octanol–water partition coefficient (Wildman–Crippen LogP) is 0.551. The molecule has 0 saturated heterocycles. The summed E-state index contributed by atoms with van der Waals surface area (Å²) in [5.74, 6) is 2.44. The van der Waals surface area contributed by atoms with Crippen molar-refractivity contribution in [3.8, 4) is 0 Å². The summed E-state index contributed by atoms with van der Waals surface area (Å²) in [6.07, 6.45) is 2.73. The van der Waals surface area contributed by atoms with Crippen molar-refractivity contribution in [1.29, 1.82) is 0 Å². The van der Waals surface area contributed by atoms with E-state index in [2.05, 4.69) is 37.2 Å². The molecule has 0 bridgehead atoms. The fraction of sp³-hybridized carbons (Fsp3) is 0.579. The molecular formula is C19H27N7O2S. The average Bonchev–Trinajstić information content (AvgIpc) is 3.36. The molecule has 1 unspecified atom stereocenters. The van der Waals surface area contributed by atoms with Crippen LogP contribution in [0, 0.1) is 0 Å². The molecule has 10 heteroatoms. The molecule has 9 nitrogen and oxygen atoms in total. The highest BCUT2D eigenvalue weighted by Gasteiger charge is 2.24. The van der Waals surface area contributed by atoms with Gasteiger partial charge in [-0.1, -0.05) is 0 Å². The van der Waals surface area contributed by atoms with Crippen molar-refractivity contribution in [3.63, 3.8) is 0 Å². The standard InChI is InChI=1S/C19H27N7O2S/c1-20-19(21-9-18(27)25-7-5-15-13(10-25)6-8-29-15)22-14-3-4-17-23-16(12-28-2)24-26(17)11-14/h6,8,14H,3-5,7,9-12H2,1-2H3,(H2,20,21,22). The van der Waals surface area contributed by atoms with Crippen LogP contribution in [0.15, 0.2) is 16.4 Å². The molecule has 2 aromatic rings. The normalized spacial score (nSPS) is 18.9. The molecule has 0 aliphatic carbocycles. The van der Waals surface area contributed by atoms with E-state index < -0.39 is 0 Å². The Morgan fingerprint density at radius 2 is 2.34 bits per heavy atom. The Labute approximate surface area is 174 Å². The highest BCUT2D eigenvalue weighted by molar-refractivity contribution is 7.10. The molecule has 4 heterocycles. The number of methoxy groups -OCH3 is 1. The van der Waals surface area contributed by atoms with Gasteiger partial charge in [0.1, 0.15) is 12.4 Å². The minimum atomic E-state index is 0.0937. The number of amides is 1. The van der Waals surface area contributed by atoms with E-state index in [1.54, 1.807) is 25.5 Å². The van der Waals surface area contributed by atoms with Gasteiger partial charge in [-0.15, -0.1) is 11.3 Å².